The predicted molar refractivity (Wildman–Crippen MR) is 106 cm³/mol. The molecule has 0 aliphatic heterocycles. The van der Waals surface area contributed by atoms with Gasteiger partial charge >= 0.3 is 5.69 Å². The first-order valence-corrected chi connectivity index (χ1v) is 9.77. The zero-order valence-electron chi connectivity index (χ0n) is 15.6. The Morgan fingerprint density at radius 3 is 2.72 bits per heavy atom. The molecule has 1 aliphatic carbocycles. The van der Waals surface area contributed by atoms with Crippen molar-refractivity contribution in [2.24, 2.45) is 7.05 Å². The highest BCUT2D eigenvalue weighted by Gasteiger charge is 2.27. The second kappa shape index (κ2) is 6.64. The highest BCUT2D eigenvalue weighted by molar-refractivity contribution is 6.33. The molecule has 0 bridgehead atoms. The Morgan fingerprint density at radius 1 is 1.21 bits per heavy atom. The van der Waals surface area contributed by atoms with Crippen LogP contribution in [0, 0.1) is 5.82 Å². The van der Waals surface area contributed by atoms with Gasteiger partial charge in [-0.25, -0.2) is 14.2 Å². The SMILES string of the molecule is Cn1c(=O)n(C2CCC(O)CC2)c2nc(-n3cnc4ccc(F)cc43)nc(Cl)c21. The van der Waals surface area contributed by atoms with E-state index in [1.807, 2.05) is 0 Å². The minimum atomic E-state index is -0.399. The van der Waals surface area contributed by atoms with Gasteiger partial charge in [-0.1, -0.05) is 11.6 Å². The van der Waals surface area contributed by atoms with Crippen LogP contribution < -0.4 is 5.69 Å². The second-order valence-electron chi connectivity index (χ2n) is 7.41. The van der Waals surface area contributed by atoms with Crippen molar-refractivity contribution in [2.45, 2.75) is 37.8 Å². The first-order valence-electron chi connectivity index (χ1n) is 9.39. The van der Waals surface area contributed by atoms with E-state index in [-0.39, 0.29) is 28.9 Å². The Balaban J connectivity index is 1.74. The van der Waals surface area contributed by atoms with Crippen molar-refractivity contribution in [3.8, 4) is 5.95 Å². The van der Waals surface area contributed by atoms with Crippen LogP contribution in [0.4, 0.5) is 4.39 Å². The number of hydrogen-bond donors (Lipinski definition) is 1. The van der Waals surface area contributed by atoms with Crippen molar-refractivity contribution >= 4 is 33.8 Å². The Hall–Kier alpha value is -2.78. The van der Waals surface area contributed by atoms with E-state index in [1.165, 1.54) is 23.0 Å². The number of rotatable bonds is 2. The van der Waals surface area contributed by atoms with Gasteiger partial charge in [-0.2, -0.15) is 9.97 Å². The Morgan fingerprint density at radius 2 is 1.97 bits per heavy atom. The quantitative estimate of drug-likeness (QED) is 0.507. The molecule has 0 radical (unpaired) electrons. The van der Waals surface area contributed by atoms with Gasteiger partial charge in [0, 0.05) is 19.2 Å². The Labute approximate surface area is 169 Å². The number of imidazole rings is 2. The molecule has 8 nitrogen and oxygen atoms in total. The summed E-state index contributed by atoms with van der Waals surface area (Å²) in [6, 6.07) is 4.19. The van der Waals surface area contributed by atoms with Gasteiger partial charge < -0.3 is 5.11 Å². The fraction of sp³-hybridized carbons (Fsp3) is 0.368. The minimum absolute atomic E-state index is 0.0783. The van der Waals surface area contributed by atoms with Gasteiger partial charge in [0.1, 0.15) is 17.7 Å². The molecular formula is C19H18ClFN6O2. The monoisotopic (exact) mass is 416 g/mol. The molecule has 3 aromatic heterocycles. The number of nitrogens with zero attached hydrogens (tertiary/aromatic N) is 6. The lowest BCUT2D eigenvalue weighted by atomic mass is 9.93. The van der Waals surface area contributed by atoms with Gasteiger partial charge in [-0.3, -0.25) is 13.7 Å². The number of aromatic nitrogens is 6. The zero-order valence-corrected chi connectivity index (χ0v) is 16.3. The smallest absolute Gasteiger partial charge is 0.330 e. The second-order valence-corrected chi connectivity index (χ2v) is 7.77. The number of aliphatic hydroxyl groups excluding tert-OH is 1. The first-order chi connectivity index (χ1) is 13.9. The van der Waals surface area contributed by atoms with Crippen molar-refractivity contribution in [3.05, 3.63) is 46.0 Å². The molecule has 1 aromatic carbocycles. The van der Waals surface area contributed by atoms with Crippen LogP contribution in [0.5, 0.6) is 0 Å². The summed E-state index contributed by atoms with van der Waals surface area (Å²) in [6.07, 6.45) is 3.78. The molecule has 10 heteroatoms. The van der Waals surface area contributed by atoms with Crippen LogP contribution >= 0.6 is 11.6 Å². The molecule has 29 heavy (non-hydrogen) atoms. The van der Waals surface area contributed by atoms with Crippen LogP contribution in [0.1, 0.15) is 31.7 Å². The normalized spacial score (nSPS) is 20.0. The number of benzene rings is 1. The van der Waals surface area contributed by atoms with Crippen LogP contribution in [0.3, 0.4) is 0 Å². The van der Waals surface area contributed by atoms with Crippen molar-refractivity contribution in [1.82, 2.24) is 28.7 Å². The molecule has 4 aromatic rings. The number of aliphatic hydroxyl groups is 1. The maximum absolute atomic E-state index is 13.8. The van der Waals surface area contributed by atoms with Crippen LogP contribution in [-0.2, 0) is 7.05 Å². The van der Waals surface area contributed by atoms with Crippen LogP contribution in [0.25, 0.3) is 28.1 Å². The third-order valence-electron chi connectivity index (χ3n) is 5.62. The highest BCUT2D eigenvalue weighted by Crippen LogP contribution is 2.31. The van der Waals surface area contributed by atoms with Crippen molar-refractivity contribution in [1.29, 1.82) is 0 Å². The Kier molecular flexibility index (Phi) is 4.18. The van der Waals surface area contributed by atoms with E-state index >= 15 is 0 Å². The zero-order chi connectivity index (χ0) is 20.3. The van der Waals surface area contributed by atoms with Gasteiger partial charge in [0.05, 0.1) is 17.1 Å². The summed E-state index contributed by atoms with van der Waals surface area (Å²) < 4.78 is 18.4. The summed E-state index contributed by atoms with van der Waals surface area (Å²) in [5, 5.41) is 9.95. The minimum Gasteiger partial charge on any atom is -0.393 e. The summed E-state index contributed by atoms with van der Waals surface area (Å²) in [5.74, 6) is -0.186. The largest absolute Gasteiger partial charge is 0.393 e. The molecule has 1 N–H and O–H groups in total. The van der Waals surface area contributed by atoms with Gasteiger partial charge in [-0.05, 0) is 37.8 Å². The van der Waals surface area contributed by atoms with Gasteiger partial charge in [0.15, 0.2) is 10.8 Å². The fourth-order valence-electron chi connectivity index (χ4n) is 4.10. The molecule has 5 rings (SSSR count). The van der Waals surface area contributed by atoms with E-state index in [1.54, 1.807) is 22.2 Å². The molecule has 0 amide bonds. The summed E-state index contributed by atoms with van der Waals surface area (Å²) >= 11 is 6.44. The third-order valence-corrected chi connectivity index (χ3v) is 5.89. The van der Waals surface area contributed by atoms with Crippen LogP contribution in [-0.4, -0.2) is 39.9 Å². The lowest BCUT2D eigenvalue weighted by Gasteiger charge is -2.26. The van der Waals surface area contributed by atoms with Crippen LogP contribution in [0.2, 0.25) is 5.15 Å². The molecule has 1 saturated carbocycles. The average Bonchev–Trinajstić information content (AvgIpc) is 3.22. The standard InChI is InChI=1S/C19H18ClFN6O2/c1-25-15-16(20)23-18(26-9-22-13-7-2-10(21)8-14(13)26)24-17(15)27(19(25)29)11-3-5-12(28)6-4-11/h2,7-9,11-12,28H,3-6H2,1H3. The first kappa shape index (κ1) is 18.3. The lowest BCUT2D eigenvalue weighted by Crippen LogP contribution is -2.30. The number of fused-ring (bicyclic) bond motifs is 2. The third kappa shape index (κ3) is 2.84. The molecule has 0 spiro atoms. The Bertz CT molecular complexity index is 1300. The lowest BCUT2D eigenvalue weighted by molar-refractivity contribution is 0.110. The average molecular weight is 417 g/mol. The summed E-state index contributed by atoms with van der Waals surface area (Å²) in [4.78, 5) is 26.2. The molecular weight excluding hydrogens is 399 g/mol. The molecule has 0 atom stereocenters. The number of halogens is 2. The summed E-state index contributed by atoms with van der Waals surface area (Å²) in [6.45, 7) is 0. The van der Waals surface area contributed by atoms with E-state index in [0.717, 1.165) is 0 Å². The van der Waals surface area contributed by atoms with E-state index in [9.17, 15) is 14.3 Å². The molecule has 1 fully saturated rings. The molecule has 0 unspecified atom stereocenters. The fourth-order valence-corrected chi connectivity index (χ4v) is 4.39. The molecule has 150 valence electrons. The van der Waals surface area contributed by atoms with Gasteiger partial charge in [0.25, 0.3) is 0 Å². The van der Waals surface area contributed by atoms with E-state index in [4.69, 9.17) is 11.6 Å². The predicted octanol–water partition coefficient (Wildman–Crippen LogP) is 2.74. The maximum Gasteiger partial charge on any atom is 0.330 e. The van der Waals surface area contributed by atoms with Crippen molar-refractivity contribution in [3.63, 3.8) is 0 Å². The highest BCUT2D eigenvalue weighted by atomic mass is 35.5. The van der Waals surface area contributed by atoms with Crippen molar-refractivity contribution in [2.75, 3.05) is 0 Å². The number of aryl methyl sites for hydroxylation is 1. The summed E-state index contributed by atoms with van der Waals surface area (Å²) in [5.41, 5.74) is 1.74. The molecule has 1 aliphatic rings. The van der Waals surface area contributed by atoms with Crippen LogP contribution in [0.15, 0.2) is 29.3 Å². The van der Waals surface area contributed by atoms with Gasteiger partial charge in [-0.15, -0.1) is 0 Å². The number of hydrogen-bond acceptors (Lipinski definition) is 5. The topological polar surface area (TPSA) is 90.8 Å². The molecule has 3 heterocycles. The van der Waals surface area contributed by atoms with Gasteiger partial charge in [0.2, 0.25) is 5.95 Å². The van der Waals surface area contributed by atoms with E-state index in [2.05, 4.69) is 15.0 Å². The van der Waals surface area contributed by atoms with E-state index in [0.29, 0.717) is 47.9 Å². The van der Waals surface area contributed by atoms with E-state index < -0.39 is 5.82 Å². The maximum atomic E-state index is 13.8. The molecule has 0 saturated heterocycles. The summed E-state index contributed by atoms with van der Waals surface area (Å²) in [7, 11) is 1.63. The van der Waals surface area contributed by atoms with Crippen molar-refractivity contribution < 1.29 is 9.50 Å².